The van der Waals surface area contributed by atoms with Gasteiger partial charge in [0.2, 0.25) is 10.0 Å². The van der Waals surface area contributed by atoms with Gasteiger partial charge in [0, 0.05) is 12.1 Å². The maximum Gasteiger partial charge on any atom is 0.242 e. The van der Waals surface area contributed by atoms with Crippen molar-refractivity contribution < 1.29 is 12.8 Å². The Bertz CT molecular complexity index is 589. The molecule has 1 aromatic carbocycles. The van der Waals surface area contributed by atoms with Crippen molar-refractivity contribution in [3.05, 3.63) is 29.0 Å². The van der Waals surface area contributed by atoms with E-state index in [0.29, 0.717) is 0 Å². The van der Waals surface area contributed by atoms with Crippen LogP contribution in [0.5, 0.6) is 0 Å². The Balaban J connectivity index is 2.32. The molecule has 1 atom stereocenters. The minimum atomic E-state index is -3.81. The van der Waals surface area contributed by atoms with Crippen LogP contribution >= 0.6 is 11.6 Å². The summed E-state index contributed by atoms with van der Waals surface area (Å²) in [5.74, 6) is -0.334. The second kappa shape index (κ2) is 5.01. The summed E-state index contributed by atoms with van der Waals surface area (Å²) < 4.78 is 40.2. The first-order valence-electron chi connectivity index (χ1n) is 5.97. The van der Waals surface area contributed by atoms with E-state index in [0.717, 1.165) is 31.0 Å². The lowest BCUT2D eigenvalue weighted by atomic mass is 9.98. The van der Waals surface area contributed by atoms with Gasteiger partial charge in [-0.05, 0) is 43.9 Å². The summed E-state index contributed by atoms with van der Waals surface area (Å²) >= 11 is 5.79. The van der Waals surface area contributed by atoms with Crippen LogP contribution in [0.3, 0.4) is 0 Å². The number of hydrogen-bond acceptors (Lipinski definition) is 3. The first-order valence-corrected chi connectivity index (χ1v) is 7.84. The normalized spacial score (nSPS) is 19.2. The largest absolute Gasteiger partial charge is 0.329 e. The van der Waals surface area contributed by atoms with Gasteiger partial charge in [0.05, 0.1) is 5.02 Å². The van der Waals surface area contributed by atoms with Crippen LogP contribution in [0.4, 0.5) is 4.39 Å². The standard InChI is InChI=1S/C12H16ClFN2O2S/c1-12(7-15,8-2-3-8)16-19(17,18)11-5-4-9(14)6-10(11)13/h4-6,8,16H,2-3,7,15H2,1H3. The second-order valence-electron chi connectivity index (χ2n) is 5.08. The third kappa shape index (κ3) is 3.08. The maximum absolute atomic E-state index is 13.0. The third-order valence-electron chi connectivity index (χ3n) is 3.45. The summed E-state index contributed by atoms with van der Waals surface area (Å²) in [7, 11) is -3.81. The number of sulfonamides is 1. The summed E-state index contributed by atoms with van der Waals surface area (Å²) in [5.41, 5.74) is 4.99. The van der Waals surface area contributed by atoms with Gasteiger partial charge in [-0.15, -0.1) is 0 Å². The predicted octanol–water partition coefficient (Wildman–Crippen LogP) is 1.88. The molecule has 3 N–H and O–H groups in total. The molecule has 0 spiro atoms. The maximum atomic E-state index is 13.0. The molecule has 106 valence electrons. The van der Waals surface area contributed by atoms with Gasteiger partial charge in [0.1, 0.15) is 10.7 Å². The van der Waals surface area contributed by atoms with Crippen molar-refractivity contribution in [3.8, 4) is 0 Å². The summed E-state index contributed by atoms with van der Waals surface area (Å²) in [4.78, 5) is -0.129. The molecule has 1 fully saturated rings. The Kier molecular flexibility index (Phi) is 3.88. The van der Waals surface area contributed by atoms with Crippen LogP contribution in [-0.2, 0) is 10.0 Å². The summed E-state index contributed by atoms with van der Waals surface area (Å²) in [6.45, 7) is 1.98. The molecule has 0 radical (unpaired) electrons. The molecule has 1 unspecified atom stereocenters. The first kappa shape index (κ1) is 14.7. The van der Waals surface area contributed by atoms with Crippen LogP contribution < -0.4 is 10.5 Å². The van der Waals surface area contributed by atoms with Gasteiger partial charge in [-0.1, -0.05) is 11.6 Å². The van der Waals surface area contributed by atoms with Gasteiger partial charge in [-0.3, -0.25) is 0 Å². The Labute approximate surface area is 117 Å². The van der Waals surface area contributed by atoms with Gasteiger partial charge in [-0.25, -0.2) is 17.5 Å². The SMILES string of the molecule is CC(CN)(NS(=O)(=O)c1ccc(F)cc1Cl)C1CC1. The van der Waals surface area contributed by atoms with E-state index < -0.39 is 21.4 Å². The average molecular weight is 307 g/mol. The van der Waals surface area contributed by atoms with E-state index in [9.17, 15) is 12.8 Å². The highest BCUT2D eigenvalue weighted by molar-refractivity contribution is 7.89. The van der Waals surface area contributed by atoms with Crippen molar-refractivity contribution in [1.82, 2.24) is 4.72 Å². The van der Waals surface area contributed by atoms with Crippen molar-refractivity contribution in [2.75, 3.05) is 6.54 Å². The number of nitrogens with one attached hydrogen (secondary N) is 1. The number of rotatable bonds is 5. The van der Waals surface area contributed by atoms with E-state index in [1.807, 2.05) is 0 Å². The van der Waals surface area contributed by atoms with Gasteiger partial charge in [-0.2, -0.15) is 0 Å². The smallest absolute Gasteiger partial charge is 0.242 e. The van der Waals surface area contributed by atoms with E-state index in [1.165, 1.54) is 0 Å². The number of halogens is 2. The Morgan fingerprint density at radius 1 is 1.53 bits per heavy atom. The Morgan fingerprint density at radius 3 is 2.63 bits per heavy atom. The van der Waals surface area contributed by atoms with Crippen LogP contribution in [0.15, 0.2) is 23.1 Å². The lowest BCUT2D eigenvalue weighted by Crippen LogP contribution is -2.53. The van der Waals surface area contributed by atoms with Gasteiger partial charge < -0.3 is 5.73 Å². The molecule has 0 bridgehead atoms. The van der Waals surface area contributed by atoms with E-state index in [-0.39, 0.29) is 22.4 Å². The van der Waals surface area contributed by atoms with Crippen molar-refractivity contribution in [2.45, 2.75) is 30.2 Å². The predicted molar refractivity (Wildman–Crippen MR) is 71.9 cm³/mol. The molecule has 1 saturated carbocycles. The molecule has 0 saturated heterocycles. The van der Waals surface area contributed by atoms with Crippen molar-refractivity contribution >= 4 is 21.6 Å². The minimum absolute atomic E-state index is 0.129. The van der Waals surface area contributed by atoms with Crippen LogP contribution in [-0.4, -0.2) is 20.5 Å². The fraction of sp³-hybridized carbons (Fsp3) is 0.500. The van der Waals surface area contributed by atoms with E-state index in [2.05, 4.69) is 4.72 Å². The van der Waals surface area contributed by atoms with Crippen LogP contribution in [0.25, 0.3) is 0 Å². The zero-order valence-corrected chi connectivity index (χ0v) is 12.1. The van der Waals surface area contributed by atoms with Crippen LogP contribution in [0, 0.1) is 11.7 Å². The molecular weight excluding hydrogens is 291 g/mol. The molecule has 4 nitrogen and oxygen atoms in total. The van der Waals surface area contributed by atoms with Crippen molar-refractivity contribution in [2.24, 2.45) is 11.7 Å². The molecule has 0 aliphatic heterocycles. The number of hydrogen-bond donors (Lipinski definition) is 2. The highest BCUT2D eigenvalue weighted by Crippen LogP contribution is 2.40. The Hall–Kier alpha value is -0.690. The summed E-state index contributed by atoms with van der Waals surface area (Å²) in [6, 6.07) is 3.20. The lowest BCUT2D eigenvalue weighted by molar-refractivity contribution is 0.374. The molecule has 7 heteroatoms. The van der Waals surface area contributed by atoms with Gasteiger partial charge in [0.25, 0.3) is 0 Å². The molecule has 1 aliphatic rings. The van der Waals surface area contributed by atoms with Crippen molar-refractivity contribution in [1.29, 1.82) is 0 Å². The Morgan fingerprint density at radius 2 is 2.16 bits per heavy atom. The van der Waals surface area contributed by atoms with E-state index in [4.69, 9.17) is 17.3 Å². The third-order valence-corrected chi connectivity index (χ3v) is 5.55. The summed E-state index contributed by atoms with van der Waals surface area (Å²) in [5, 5.41) is -0.136. The molecule has 1 aliphatic carbocycles. The van der Waals surface area contributed by atoms with Gasteiger partial charge in [0.15, 0.2) is 0 Å². The molecule has 0 heterocycles. The van der Waals surface area contributed by atoms with Crippen LogP contribution in [0.2, 0.25) is 5.02 Å². The first-order chi connectivity index (χ1) is 8.78. The van der Waals surface area contributed by atoms with E-state index >= 15 is 0 Å². The molecule has 0 amide bonds. The highest BCUT2D eigenvalue weighted by atomic mass is 35.5. The molecular formula is C12H16ClFN2O2S. The lowest BCUT2D eigenvalue weighted by Gasteiger charge is -2.29. The van der Waals surface area contributed by atoms with E-state index in [1.54, 1.807) is 6.92 Å². The fourth-order valence-corrected chi connectivity index (χ4v) is 4.08. The highest BCUT2D eigenvalue weighted by Gasteiger charge is 2.43. The molecule has 1 aromatic rings. The number of nitrogens with two attached hydrogens (primary N) is 1. The topological polar surface area (TPSA) is 72.2 Å². The quantitative estimate of drug-likeness (QED) is 0.872. The monoisotopic (exact) mass is 306 g/mol. The second-order valence-corrected chi connectivity index (χ2v) is 7.13. The van der Waals surface area contributed by atoms with Crippen LogP contribution in [0.1, 0.15) is 19.8 Å². The number of benzene rings is 1. The average Bonchev–Trinajstić information content (AvgIpc) is 3.11. The minimum Gasteiger partial charge on any atom is -0.329 e. The van der Waals surface area contributed by atoms with Gasteiger partial charge >= 0.3 is 0 Å². The molecule has 2 rings (SSSR count). The molecule has 19 heavy (non-hydrogen) atoms. The zero-order valence-electron chi connectivity index (χ0n) is 10.5. The zero-order chi connectivity index (χ0) is 14.3. The molecule has 0 aromatic heterocycles. The van der Waals surface area contributed by atoms with Crippen molar-refractivity contribution in [3.63, 3.8) is 0 Å². The summed E-state index contributed by atoms with van der Waals surface area (Å²) in [6.07, 6.45) is 1.90. The fourth-order valence-electron chi connectivity index (χ4n) is 2.07.